The van der Waals surface area contributed by atoms with Gasteiger partial charge in [-0.15, -0.1) is 0 Å². The Morgan fingerprint density at radius 3 is 2.75 bits per heavy atom. The fraction of sp³-hybridized carbons (Fsp3) is 0.579. The van der Waals surface area contributed by atoms with E-state index in [9.17, 15) is 4.79 Å². The second-order valence-electron chi connectivity index (χ2n) is 6.25. The van der Waals surface area contributed by atoms with E-state index in [1.54, 1.807) is 0 Å². The van der Waals surface area contributed by atoms with Gasteiger partial charge in [0, 0.05) is 13.7 Å². The number of amides is 1. The van der Waals surface area contributed by atoms with Gasteiger partial charge in [0.2, 0.25) is 5.91 Å². The number of methoxy groups -OCH3 is 1. The number of nitrogens with one attached hydrogen (secondary N) is 1. The molecule has 1 atom stereocenters. The molecule has 5 heteroatoms. The third-order valence-corrected chi connectivity index (χ3v) is 4.21. The Balaban J connectivity index is 2.14. The van der Waals surface area contributed by atoms with Gasteiger partial charge in [-0.2, -0.15) is 0 Å². The van der Waals surface area contributed by atoms with Gasteiger partial charge >= 0.3 is 0 Å². The number of carbonyl (C=O) groups is 1. The molecule has 0 aliphatic heterocycles. The van der Waals surface area contributed by atoms with Crippen molar-refractivity contribution in [3.05, 3.63) is 30.1 Å². The lowest BCUT2D eigenvalue weighted by molar-refractivity contribution is -0.125. The molecule has 24 heavy (non-hydrogen) atoms. The highest BCUT2D eigenvalue weighted by atomic mass is 16.5. The van der Waals surface area contributed by atoms with Crippen molar-refractivity contribution in [1.82, 2.24) is 14.9 Å². The average molecular weight is 331 g/mol. The Kier molecular flexibility index (Phi) is 7.25. The molecule has 1 N–H and O–H groups in total. The summed E-state index contributed by atoms with van der Waals surface area (Å²) in [7, 11) is 1.52. The van der Waals surface area contributed by atoms with E-state index in [-0.39, 0.29) is 18.6 Å². The number of aryl methyl sites for hydroxylation is 1. The number of unbranched alkanes of at least 4 members (excludes halogenated alkanes) is 4. The second-order valence-corrected chi connectivity index (χ2v) is 6.25. The third kappa shape index (κ3) is 4.81. The van der Waals surface area contributed by atoms with E-state index >= 15 is 0 Å². The largest absolute Gasteiger partial charge is 0.375 e. The van der Waals surface area contributed by atoms with Crippen LogP contribution in [0.3, 0.4) is 0 Å². The second kappa shape index (κ2) is 9.42. The Morgan fingerprint density at radius 1 is 1.25 bits per heavy atom. The Hall–Kier alpha value is -1.88. The number of aromatic nitrogens is 2. The van der Waals surface area contributed by atoms with E-state index in [0.717, 1.165) is 29.8 Å². The molecule has 1 aromatic carbocycles. The quantitative estimate of drug-likeness (QED) is 0.673. The Morgan fingerprint density at radius 2 is 2.00 bits per heavy atom. The van der Waals surface area contributed by atoms with Crippen LogP contribution in [0.4, 0.5) is 0 Å². The van der Waals surface area contributed by atoms with Crippen molar-refractivity contribution < 1.29 is 9.53 Å². The number of benzene rings is 1. The maximum absolute atomic E-state index is 11.8. The minimum absolute atomic E-state index is 0.0710. The van der Waals surface area contributed by atoms with Crippen molar-refractivity contribution in [2.45, 2.75) is 58.5 Å². The zero-order valence-corrected chi connectivity index (χ0v) is 15.0. The predicted octanol–water partition coefficient (Wildman–Crippen LogP) is 3.83. The summed E-state index contributed by atoms with van der Waals surface area (Å²) in [5.41, 5.74) is 2.12. The van der Waals surface area contributed by atoms with Crippen LogP contribution in [0.25, 0.3) is 11.0 Å². The number of rotatable bonds is 10. The molecule has 0 aliphatic rings. The van der Waals surface area contributed by atoms with Crippen molar-refractivity contribution in [1.29, 1.82) is 0 Å². The summed E-state index contributed by atoms with van der Waals surface area (Å²) in [6.45, 7) is 5.21. The van der Waals surface area contributed by atoms with Crippen LogP contribution in [-0.2, 0) is 16.1 Å². The molecular formula is C19H29N3O2. The normalized spacial score (nSPS) is 12.5. The van der Waals surface area contributed by atoms with E-state index in [4.69, 9.17) is 9.72 Å². The van der Waals surface area contributed by atoms with Crippen molar-refractivity contribution >= 4 is 16.9 Å². The van der Waals surface area contributed by atoms with Crippen molar-refractivity contribution in [2.24, 2.45) is 0 Å². The molecule has 2 rings (SSSR count). The van der Waals surface area contributed by atoms with Crippen LogP contribution in [0.2, 0.25) is 0 Å². The van der Waals surface area contributed by atoms with Crippen LogP contribution in [0, 0.1) is 0 Å². The summed E-state index contributed by atoms with van der Waals surface area (Å²) in [4.78, 5) is 16.6. The number of hydrogen-bond acceptors (Lipinski definition) is 3. The molecule has 1 heterocycles. The SMILES string of the molecule is CCCCCCCn1c(C(C)NC(=O)COC)nc2ccccc21. The van der Waals surface area contributed by atoms with Crippen LogP contribution < -0.4 is 5.32 Å². The third-order valence-electron chi connectivity index (χ3n) is 4.21. The highest BCUT2D eigenvalue weighted by molar-refractivity contribution is 5.78. The fourth-order valence-corrected chi connectivity index (χ4v) is 3.01. The first-order valence-corrected chi connectivity index (χ1v) is 8.90. The molecule has 0 radical (unpaired) electrons. The summed E-state index contributed by atoms with van der Waals surface area (Å²) in [5.74, 6) is 0.794. The first kappa shape index (κ1) is 18.5. The summed E-state index contributed by atoms with van der Waals surface area (Å²) < 4.78 is 7.14. The fourth-order valence-electron chi connectivity index (χ4n) is 3.01. The standard InChI is InChI=1S/C19H29N3O2/c1-4-5-6-7-10-13-22-17-12-9-8-11-16(17)21-19(22)15(2)20-18(23)14-24-3/h8-9,11-12,15H,4-7,10,13-14H2,1-3H3,(H,20,23). The van der Waals surface area contributed by atoms with Crippen LogP contribution in [-0.4, -0.2) is 29.2 Å². The summed E-state index contributed by atoms with van der Waals surface area (Å²) in [5, 5.41) is 2.96. The molecule has 0 aliphatic carbocycles. The first-order valence-electron chi connectivity index (χ1n) is 8.90. The van der Waals surface area contributed by atoms with E-state index < -0.39 is 0 Å². The smallest absolute Gasteiger partial charge is 0.246 e. The lowest BCUT2D eigenvalue weighted by Crippen LogP contribution is -2.31. The van der Waals surface area contributed by atoms with E-state index in [1.165, 1.54) is 32.8 Å². The van der Waals surface area contributed by atoms with Crippen molar-refractivity contribution in [2.75, 3.05) is 13.7 Å². The molecule has 5 nitrogen and oxygen atoms in total. The zero-order chi connectivity index (χ0) is 17.4. The van der Waals surface area contributed by atoms with Gasteiger partial charge in [-0.05, 0) is 25.5 Å². The topological polar surface area (TPSA) is 56.2 Å². The Bertz CT molecular complexity index is 651. The van der Waals surface area contributed by atoms with E-state index in [0.29, 0.717) is 0 Å². The molecule has 0 spiro atoms. The van der Waals surface area contributed by atoms with Crippen molar-refractivity contribution in [3.8, 4) is 0 Å². The monoisotopic (exact) mass is 331 g/mol. The highest BCUT2D eigenvalue weighted by Crippen LogP contribution is 2.22. The maximum atomic E-state index is 11.8. The van der Waals surface area contributed by atoms with Gasteiger partial charge in [0.1, 0.15) is 12.4 Å². The first-order chi connectivity index (χ1) is 11.7. The number of nitrogens with zero attached hydrogens (tertiary/aromatic N) is 2. The van der Waals surface area contributed by atoms with Gasteiger partial charge in [0.25, 0.3) is 0 Å². The molecule has 1 aromatic heterocycles. The maximum Gasteiger partial charge on any atom is 0.246 e. The highest BCUT2D eigenvalue weighted by Gasteiger charge is 2.18. The zero-order valence-electron chi connectivity index (χ0n) is 15.0. The summed E-state index contributed by atoms with van der Waals surface area (Å²) in [6.07, 6.45) is 6.18. The molecule has 132 valence electrons. The Labute approximate surface area is 144 Å². The lowest BCUT2D eigenvalue weighted by Gasteiger charge is -2.16. The van der Waals surface area contributed by atoms with Gasteiger partial charge in [0.05, 0.1) is 17.1 Å². The van der Waals surface area contributed by atoms with Crippen LogP contribution in [0.5, 0.6) is 0 Å². The minimum Gasteiger partial charge on any atom is -0.375 e. The molecule has 1 amide bonds. The van der Waals surface area contributed by atoms with Crippen LogP contribution in [0.1, 0.15) is 57.8 Å². The summed E-state index contributed by atoms with van der Waals surface area (Å²) in [6, 6.07) is 8.02. The molecule has 1 unspecified atom stereocenters. The number of hydrogen-bond donors (Lipinski definition) is 1. The van der Waals surface area contributed by atoms with Crippen LogP contribution in [0.15, 0.2) is 24.3 Å². The number of fused-ring (bicyclic) bond motifs is 1. The van der Waals surface area contributed by atoms with E-state index in [2.05, 4.69) is 22.9 Å². The molecule has 0 saturated carbocycles. The molecule has 0 bridgehead atoms. The van der Waals surface area contributed by atoms with Gasteiger partial charge < -0.3 is 14.6 Å². The van der Waals surface area contributed by atoms with Gasteiger partial charge in [-0.1, -0.05) is 44.7 Å². The molecule has 2 aromatic rings. The number of imidazole rings is 1. The summed E-state index contributed by atoms with van der Waals surface area (Å²) >= 11 is 0. The van der Waals surface area contributed by atoms with Gasteiger partial charge in [0.15, 0.2) is 0 Å². The lowest BCUT2D eigenvalue weighted by atomic mass is 10.1. The average Bonchev–Trinajstić information content (AvgIpc) is 2.94. The predicted molar refractivity (Wildman–Crippen MR) is 96.9 cm³/mol. The molecular weight excluding hydrogens is 302 g/mol. The van der Waals surface area contributed by atoms with E-state index in [1.807, 2.05) is 25.1 Å². The number of para-hydroxylation sites is 2. The molecule has 0 fully saturated rings. The molecule has 0 saturated heterocycles. The number of ether oxygens (including phenoxy) is 1. The van der Waals surface area contributed by atoms with Crippen molar-refractivity contribution in [3.63, 3.8) is 0 Å². The van der Waals surface area contributed by atoms with Gasteiger partial charge in [-0.25, -0.2) is 4.98 Å². The minimum atomic E-state index is -0.143. The van der Waals surface area contributed by atoms with Gasteiger partial charge in [-0.3, -0.25) is 4.79 Å². The van der Waals surface area contributed by atoms with Crippen LogP contribution >= 0.6 is 0 Å². The number of carbonyl (C=O) groups excluding carboxylic acids is 1.